The molecule has 0 aliphatic heterocycles. The summed E-state index contributed by atoms with van der Waals surface area (Å²) in [5.74, 6) is 2.84. The molecule has 1 aliphatic carbocycles. The maximum Gasteiger partial charge on any atom is 0.230 e. The fourth-order valence-electron chi connectivity index (χ4n) is 4.20. The maximum absolute atomic E-state index is 12.5. The molecule has 30 heavy (non-hydrogen) atoms. The van der Waals surface area contributed by atoms with Crippen LogP contribution >= 0.6 is 11.8 Å². The van der Waals surface area contributed by atoms with E-state index in [-0.39, 0.29) is 11.0 Å². The molecule has 2 heterocycles. The smallest absolute Gasteiger partial charge is 0.230 e. The lowest BCUT2D eigenvalue weighted by Crippen LogP contribution is -2.09. The lowest BCUT2D eigenvalue weighted by atomic mass is 9.84. The first-order valence-electron chi connectivity index (χ1n) is 11.6. The second-order valence-corrected chi connectivity index (χ2v) is 9.74. The Balaban J connectivity index is 1.64. The van der Waals surface area contributed by atoms with Gasteiger partial charge in [0.2, 0.25) is 11.7 Å². The number of nitrogens with zero attached hydrogens (tertiary/aromatic N) is 3. The van der Waals surface area contributed by atoms with Gasteiger partial charge in [0, 0.05) is 24.3 Å². The van der Waals surface area contributed by atoms with E-state index in [9.17, 15) is 4.79 Å². The Labute approximate surface area is 184 Å². The number of carbonyl (C=O) groups is 1. The van der Waals surface area contributed by atoms with Gasteiger partial charge in [0.1, 0.15) is 5.69 Å². The minimum Gasteiger partial charge on any atom is -0.339 e. The summed E-state index contributed by atoms with van der Waals surface area (Å²) in [5.41, 5.74) is 1.83. The molecular weight excluding hydrogens is 394 g/mol. The first-order chi connectivity index (χ1) is 14.7. The lowest BCUT2D eigenvalue weighted by molar-refractivity contribution is -0.111. The highest BCUT2D eigenvalue weighted by Crippen LogP contribution is 2.32. The average Bonchev–Trinajstić information content (AvgIpc) is 3.24. The first-order valence-corrected chi connectivity index (χ1v) is 12.6. The summed E-state index contributed by atoms with van der Waals surface area (Å²) >= 11 is 1.45. The van der Waals surface area contributed by atoms with E-state index in [1.54, 1.807) is 6.20 Å². The zero-order valence-electron chi connectivity index (χ0n) is 18.4. The Morgan fingerprint density at radius 3 is 2.87 bits per heavy atom. The third kappa shape index (κ3) is 7.22. The molecule has 1 fully saturated rings. The van der Waals surface area contributed by atoms with Gasteiger partial charge < -0.3 is 4.52 Å². The Morgan fingerprint density at radius 1 is 1.27 bits per heavy atom. The van der Waals surface area contributed by atoms with Gasteiger partial charge in [-0.25, -0.2) is 0 Å². The second-order valence-electron chi connectivity index (χ2n) is 8.58. The van der Waals surface area contributed by atoms with E-state index in [1.165, 1.54) is 50.3 Å². The van der Waals surface area contributed by atoms with Gasteiger partial charge in [-0.05, 0) is 43.4 Å². The molecule has 1 unspecified atom stereocenters. The topological polar surface area (TPSA) is 68.9 Å². The van der Waals surface area contributed by atoms with Gasteiger partial charge >= 0.3 is 0 Å². The van der Waals surface area contributed by atoms with Crippen molar-refractivity contribution in [2.75, 3.05) is 5.75 Å². The molecule has 164 valence electrons. The predicted octanol–water partition coefficient (Wildman–Crippen LogP) is 6.72. The van der Waals surface area contributed by atoms with Gasteiger partial charge in [-0.3, -0.25) is 9.78 Å². The van der Waals surface area contributed by atoms with Gasteiger partial charge in [-0.2, -0.15) is 4.98 Å². The monoisotopic (exact) mass is 429 g/mol. The summed E-state index contributed by atoms with van der Waals surface area (Å²) in [7, 11) is 0. The van der Waals surface area contributed by atoms with Crippen LogP contribution in [0.2, 0.25) is 0 Å². The number of rotatable bonds is 11. The third-order valence-corrected chi connectivity index (χ3v) is 6.98. The molecule has 0 aromatic carbocycles. The van der Waals surface area contributed by atoms with Crippen LogP contribution in [0, 0.1) is 12.8 Å². The highest BCUT2D eigenvalue weighted by molar-refractivity contribution is 8.13. The highest BCUT2D eigenvalue weighted by Gasteiger charge is 2.24. The van der Waals surface area contributed by atoms with E-state index in [0.29, 0.717) is 18.1 Å². The SMILES string of the molecule is CCCCSC(=O)CC(CCCC1CCCCC1)c1nc(-c2cc(C)ccn2)no1. The van der Waals surface area contributed by atoms with E-state index < -0.39 is 0 Å². The Kier molecular flexibility index (Phi) is 9.37. The van der Waals surface area contributed by atoms with Crippen LogP contribution in [-0.4, -0.2) is 26.0 Å². The summed E-state index contributed by atoms with van der Waals surface area (Å²) in [6, 6.07) is 3.91. The van der Waals surface area contributed by atoms with Crippen LogP contribution in [0.15, 0.2) is 22.9 Å². The highest BCUT2D eigenvalue weighted by atomic mass is 32.2. The van der Waals surface area contributed by atoms with Crippen molar-refractivity contribution in [3.8, 4) is 11.5 Å². The molecule has 6 heteroatoms. The number of aromatic nitrogens is 3. The largest absolute Gasteiger partial charge is 0.339 e. The number of hydrogen-bond acceptors (Lipinski definition) is 6. The van der Waals surface area contributed by atoms with Gasteiger partial charge in [0.25, 0.3) is 0 Å². The summed E-state index contributed by atoms with van der Waals surface area (Å²) in [6.45, 7) is 4.17. The molecule has 0 N–H and O–H groups in total. The molecule has 0 spiro atoms. The maximum atomic E-state index is 12.5. The average molecular weight is 430 g/mol. The van der Waals surface area contributed by atoms with Crippen molar-refractivity contribution in [2.24, 2.45) is 5.92 Å². The number of pyridine rings is 1. The van der Waals surface area contributed by atoms with E-state index in [4.69, 9.17) is 4.52 Å². The summed E-state index contributed by atoms with van der Waals surface area (Å²) in [4.78, 5) is 21.5. The van der Waals surface area contributed by atoms with Gasteiger partial charge in [-0.1, -0.05) is 75.2 Å². The van der Waals surface area contributed by atoms with Crippen molar-refractivity contribution in [3.05, 3.63) is 29.8 Å². The molecule has 1 saturated carbocycles. The van der Waals surface area contributed by atoms with Crippen molar-refractivity contribution in [3.63, 3.8) is 0 Å². The van der Waals surface area contributed by atoms with Crippen molar-refractivity contribution >= 4 is 16.9 Å². The molecule has 0 bridgehead atoms. The number of thioether (sulfide) groups is 1. The van der Waals surface area contributed by atoms with Crippen LogP contribution in [0.1, 0.15) is 94.9 Å². The fraction of sp³-hybridized carbons (Fsp3) is 0.667. The zero-order chi connectivity index (χ0) is 21.2. The second kappa shape index (κ2) is 12.2. The lowest BCUT2D eigenvalue weighted by Gasteiger charge is -2.22. The third-order valence-electron chi connectivity index (χ3n) is 6.00. The number of hydrogen-bond donors (Lipinski definition) is 0. The molecule has 2 aromatic rings. The van der Waals surface area contributed by atoms with E-state index in [0.717, 1.165) is 48.6 Å². The minimum atomic E-state index is 0.00118. The predicted molar refractivity (Wildman–Crippen MR) is 122 cm³/mol. The standard InChI is InChI=1S/C24H35N3O2S/c1-3-4-15-30-22(28)17-20(12-8-11-19-9-6-5-7-10-19)24-26-23(27-29-24)21-16-18(2)13-14-25-21/h13-14,16,19-20H,3-12,15,17H2,1-2H3. The molecule has 0 amide bonds. The van der Waals surface area contributed by atoms with Crippen molar-refractivity contribution < 1.29 is 9.32 Å². The zero-order valence-corrected chi connectivity index (χ0v) is 19.3. The Bertz CT molecular complexity index is 786. The van der Waals surface area contributed by atoms with E-state index in [1.807, 2.05) is 19.1 Å². The molecular formula is C24H35N3O2S. The number of carbonyl (C=O) groups excluding carboxylic acids is 1. The first kappa shape index (κ1) is 23.0. The molecule has 1 aliphatic rings. The van der Waals surface area contributed by atoms with Crippen molar-refractivity contribution in [1.29, 1.82) is 0 Å². The van der Waals surface area contributed by atoms with Crippen molar-refractivity contribution in [1.82, 2.24) is 15.1 Å². The van der Waals surface area contributed by atoms with E-state index >= 15 is 0 Å². The van der Waals surface area contributed by atoms with E-state index in [2.05, 4.69) is 22.0 Å². The van der Waals surface area contributed by atoms with Crippen LogP contribution in [0.3, 0.4) is 0 Å². The quantitative estimate of drug-likeness (QED) is 0.369. The normalized spacial score (nSPS) is 15.9. The van der Waals surface area contributed by atoms with Crippen molar-refractivity contribution in [2.45, 2.75) is 90.4 Å². The molecule has 1 atom stereocenters. The van der Waals surface area contributed by atoms with Crippen LogP contribution in [0.4, 0.5) is 0 Å². The number of unbranched alkanes of at least 4 members (excludes halogenated alkanes) is 1. The molecule has 2 aromatic heterocycles. The summed E-state index contributed by atoms with van der Waals surface area (Å²) < 4.78 is 5.63. The Morgan fingerprint density at radius 2 is 2.10 bits per heavy atom. The molecule has 5 nitrogen and oxygen atoms in total. The van der Waals surface area contributed by atoms with Gasteiger partial charge in [-0.15, -0.1) is 0 Å². The number of aryl methyl sites for hydroxylation is 1. The Hall–Kier alpha value is -1.69. The molecule has 0 saturated heterocycles. The van der Waals surface area contributed by atoms with Crippen LogP contribution in [0.25, 0.3) is 11.5 Å². The van der Waals surface area contributed by atoms with Gasteiger partial charge in [0.15, 0.2) is 5.12 Å². The minimum absolute atomic E-state index is 0.00118. The van der Waals surface area contributed by atoms with Crippen LogP contribution < -0.4 is 0 Å². The summed E-state index contributed by atoms with van der Waals surface area (Å²) in [5, 5.41) is 4.40. The summed E-state index contributed by atoms with van der Waals surface area (Å²) in [6.07, 6.45) is 14.6. The van der Waals surface area contributed by atoms with Crippen LogP contribution in [-0.2, 0) is 4.79 Å². The van der Waals surface area contributed by atoms with Crippen LogP contribution in [0.5, 0.6) is 0 Å². The molecule has 3 rings (SSSR count). The molecule has 0 radical (unpaired) electrons. The van der Waals surface area contributed by atoms with Gasteiger partial charge in [0.05, 0.1) is 0 Å². The fourth-order valence-corrected chi connectivity index (χ4v) is 5.18.